The molecule has 2 aromatic heterocycles. The summed E-state index contributed by atoms with van der Waals surface area (Å²) in [7, 11) is 0. The molecular weight excluding hydrogens is 422 g/mol. The van der Waals surface area contributed by atoms with Crippen molar-refractivity contribution in [1.29, 1.82) is 0 Å². The fourth-order valence-electron chi connectivity index (χ4n) is 4.13. The molecule has 0 fully saturated rings. The van der Waals surface area contributed by atoms with Crippen LogP contribution >= 0.6 is 0 Å². The van der Waals surface area contributed by atoms with Crippen molar-refractivity contribution in [2.45, 2.75) is 53.0 Å². The van der Waals surface area contributed by atoms with E-state index in [4.69, 9.17) is 9.72 Å². The fourth-order valence-corrected chi connectivity index (χ4v) is 4.13. The van der Waals surface area contributed by atoms with E-state index >= 15 is 0 Å². The number of para-hydroxylation sites is 1. The summed E-state index contributed by atoms with van der Waals surface area (Å²) in [6, 6.07) is 8.51. The van der Waals surface area contributed by atoms with Crippen LogP contribution in [0, 0.1) is 13.8 Å². The number of nitrogens with zero attached hydrogens (tertiary/aromatic N) is 4. The van der Waals surface area contributed by atoms with Gasteiger partial charge in [0.05, 0.1) is 29.2 Å². The third-order valence-electron chi connectivity index (χ3n) is 5.62. The van der Waals surface area contributed by atoms with Gasteiger partial charge in [0.1, 0.15) is 6.54 Å². The van der Waals surface area contributed by atoms with Crippen molar-refractivity contribution in [3.8, 4) is 5.95 Å². The van der Waals surface area contributed by atoms with Gasteiger partial charge in [-0.05, 0) is 64.7 Å². The Balaban J connectivity index is 1.71. The normalized spacial score (nSPS) is 12.8. The Hall–Kier alpha value is -3.75. The van der Waals surface area contributed by atoms with Crippen LogP contribution in [0.2, 0.25) is 0 Å². The van der Waals surface area contributed by atoms with Crippen molar-refractivity contribution in [2.75, 3.05) is 11.9 Å². The highest BCUT2D eigenvalue weighted by atomic mass is 16.5. The molecule has 4 rings (SSSR count). The molecule has 172 valence electrons. The molecule has 0 aliphatic heterocycles. The van der Waals surface area contributed by atoms with Gasteiger partial charge in [-0.3, -0.25) is 14.2 Å². The Kier molecular flexibility index (Phi) is 6.39. The summed E-state index contributed by atoms with van der Waals surface area (Å²) < 4.78 is 8.04. The number of benzene rings is 1. The Bertz CT molecular complexity index is 1270. The standard InChI is InChI=1S/C24H27N5O4/c1-4-33-23(32)18-10-6-8-12-20(18)25-21(30)14-28-22(31)17-9-5-7-11-19(17)26-24(28)29-16(3)13-15(2)27-29/h6,8,10,12-13H,4-5,7,9,11,14H2,1-3H3,(H,25,30). The van der Waals surface area contributed by atoms with Crippen molar-refractivity contribution in [3.63, 3.8) is 0 Å². The number of carbonyl (C=O) groups excluding carboxylic acids is 2. The minimum Gasteiger partial charge on any atom is -0.462 e. The zero-order valence-corrected chi connectivity index (χ0v) is 19.1. The molecule has 0 saturated carbocycles. The Morgan fingerprint density at radius 2 is 1.91 bits per heavy atom. The predicted octanol–water partition coefficient (Wildman–Crippen LogP) is 2.74. The van der Waals surface area contributed by atoms with Crippen LogP contribution in [0.1, 0.15) is 52.8 Å². The molecule has 0 bridgehead atoms. The molecule has 1 aliphatic carbocycles. The van der Waals surface area contributed by atoms with Crippen LogP contribution in [0.3, 0.4) is 0 Å². The summed E-state index contributed by atoms with van der Waals surface area (Å²) >= 11 is 0. The van der Waals surface area contributed by atoms with Gasteiger partial charge >= 0.3 is 5.97 Å². The number of hydrogen-bond donors (Lipinski definition) is 1. The van der Waals surface area contributed by atoms with Crippen LogP contribution in [-0.4, -0.2) is 37.8 Å². The summed E-state index contributed by atoms with van der Waals surface area (Å²) in [5, 5.41) is 7.23. The first-order valence-electron chi connectivity index (χ1n) is 11.1. The molecule has 1 N–H and O–H groups in total. The van der Waals surface area contributed by atoms with E-state index in [1.54, 1.807) is 35.9 Å². The molecule has 1 amide bonds. The average Bonchev–Trinajstić information content (AvgIpc) is 3.13. The summed E-state index contributed by atoms with van der Waals surface area (Å²) in [5.41, 5.74) is 3.39. The number of nitrogens with one attached hydrogen (secondary N) is 1. The smallest absolute Gasteiger partial charge is 0.340 e. The fraction of sp³-hybridized carbons (Fsp3) is 0.375. The highest BCUT2D eigenvalue weighted by Crippen LogP contribution is 2.20. The first kappa shape index (κ1) is 22.4. The van der Waals surface area contributed by atoms with Crippen LogP contribution < -0.4 is 10.9 Å². The van der Waals surface area contributed by atoms with E-state index in [0.717, 1.165) is 36.3 Å². The van der Waals surface area contributed by atoms with Crippen molar-refractivity contribution in [2.24, 2.45) is 0 Å². The number of fused-ring (bicyclic) bond motifs is 1. The lowest BCUT2D eigenvalue weighted by Gasteiger charge is -2.20. The van der Waals surface area contributed by atoms with Gasteiger partial charge in [-0.2, -0.15) is 5.10 Å². The Morgan fingerprint density at radius 3 is 2.64 bits per heavy atom. The number of carbonyl (C=O) groups is 2. The predicted molar refractivity (Wildman–Crippen MR) is 123 cm³/mol. The lowest BCUT2D eigenvalue weighted by molar-refractivity contribution is -0.116. The lowest BCUT2D eigenvalue weighted by Crippen LogP contribution is -2.36. The second kappa shape index (κ2) is 9.40. The number of ether oxygens (including phenoxy) is 1. The first-order valence-corrected chi connectivity index (χ1v) is 11.1. The number of aromatic nitrogens is 4. The number of amides is 1. The highest BCUT2D eigenvalue weighted by Gasteiger charge is 2.23. The maximum Gasteiger partial charge on any atom is 0.340 e. The van der Waals surface area contributed by atoms with Crippen molar-refractivity contribution < 1.29 is 14.3 Å². The Morgan fingerprint density at radius 1 is 1.15 bits per heavy atom. The molecule has 0 spiro atoms. The molecule has 9 nitrogen and oxygen atoms in total. The second-order valence-electron chi connectivity index (χ2n) is 8.09. The maximum atomic E-state index is 13.4. The summed E-state index contributed by atoms with van der Waals surface area (Å²) in [6.07, 6.45) is 3.27. The molecule has 0 atom stereocenters. The number of rotatable bonds is 6. The zero-order valence-electron chi connectivity index (χ0n) is 19.1. The van der Waals surface area contributed by atoms with Crippen molar-refractivity contribution in [3.05, 3.63) is 68.9 Å². The number of aryl methyl sites for hydroxylation is 3. The van der Waals surface area contributed by atoms with Crippen LogP contribution in [0.25, 0.3) is 5.95 Å². The molecule has 33 heavy (non-hydrogen) atoms. The van der Waals surface area contributed by atoms with Crippen LogP contribution in [0.5, 0.6) is 0 Å². The van der Waals surface area contributed by atoms with E-state index in [1.807, 2.05) is 19.9 Å². The third kappa shape index (κ3) is 4.57. The van der Waals surface area contributed by atoms with Gasteiger partial charge in [0, 0.05) is 11.3 Å². The minimum absolute atomic E-state index is 0.225. The van der Waals surface area contributed by atoms with E-state index in [1.165, 1.54) is 4.57 Å². The zero-order chi connectivity index (χ0) is 23.5. The molecule has 0 saturated heterocycles. The summed E-state index contributed by atoms with van der Waals surface area (Å²) in [5.74, 6) is -0.654. The lowest BCUT2D eigenvalue weighted by atomic mass is 9.97. The molecular formula is C24H27N5O4. The van der Waals surface area contributed by atoms with E-state index in [0.29, 0.717) is 23.6 Å². The molecule has 0 radical (unpaired) electrons. The molecule has 1 aromatic carbocycles. The quantitative estimate of drug-likeness (QED) is 0.580. The largest absolute Gasteiger partial charge is 0.462 e. The maximum absolute atomic E-state index is 13.4. The summed E-state index contributed by atoms with van der Waals surface area (Å²) in [6.45, 7) is 5.43. The number of anilines is 1. The van der Waals surface area contributed by atoms with Gasteiger partial charge in [-0.1, -0.05) is 12.1 Å². The van der Waals surface area contributed by atoms with E-state index < -0.39 is 11.9 Å². The third-order valence-corrected chi connectivity index (χ3v) is 5.62. The highest BCUT2D eigenvalue weighted by molar-refractivity contribution is 6.01. The summed E-state index contributed by atoms with van der Waals surface area (Å²) in [4.78, 5) is 43.4. The van der Waals surface area contributed by atoms with Crippen LogP contribution in [-0.2, 0) is 28.9 Å². The average molecular weight is 450 g/mol. The van der Waals surface area contributed by atoms with Gasteiger partial charge < -0.3 is 10.1 Å². The molecule has 9 heteroatoms. The van der Waals surface area contributed by atoms with E-state index in [-0.39, 0.29) is 24.3 Å². The van der Waals surface area contributed by atoms with Gasteiger partial charge in [0.2, 0.25) is 11.9 Å². The van der Waals surface area contributed by atoms with Crippen LogP contribution in [0.15, 0.2) is 35.1 Å². The number of hydrogen-bond acceptors (Lipinski definition) is 6. The topological polar surface area (TPSA) is 108 Å². The van der Waals surface area contributed by atoms with Gasteiger partial charge in [0.15, 0.2) is 0 Å². The van der Waals surface area contributed by atoms with Crippen molar-refractivity contribution in [1.82, 2.24) is 19.3 Å². The minimum atomic E-state index is -0.524. The monoisotopic (exact) mass is 449 g/mol. The van der Waals surface area contributed by atoms with Gasteiger partial charge in [0.25, 0.3) is 5.56 Å². The van der Waals surface area contributed by atoms with E-state index in [9.17, 15) is 14.4 Å². The first-order chi connectivity index (χ1) is 15.9. The molecule has 0 unspecified atom stereocenters. The van der Waals surface area contributed by atoms with Gasteiger partial charge in [-0.15, -0.1) is 0 Å². The number of esters is 1. The SMILES string of the molecule is CCOC(=O)c1ccccc1NC(=O)Cn1c(-n2nc(C)cc2C)nc2c(c1=O)CCCC2. The molecule has 2 heterocycles. The van der Waals surface area contributed by atoms with Crippen molar-refractivity contribution >= 4 is 17.6 Å². The van der Waals surface area contributed by atoms with Crippen LogP contribution in [0.4, 0.5) is 5.69 Å². The van der Waals surface area contributed by atoms with E-state index in [2.05, 4.69) is 10.4 Å². The molecule has 1 aliphatic rings. The van der Waals surface area contributed by atoms with Gasteiger partial charge in [-0.25, -0.2) is 14.5 Å². The second-order valence-corrected chi connectivity index (χ2v) is 8.09. The Labute approximate surface area is 191 Å². The molecule has 3 aromatic rings.